The van der Waals surface area contributed by atoms with Gasteiger partial charge in [-0.2, -0.15) is 0 Å². The SMILES string of the molecule is CCCC(CC)C(=O)OCCOC. The van der Waals surface area contributed by atoms with E-state index in [0.29, 0.717) is 13.2 Å². The summed E-state index contributed by atoms with van der Waals surface area (Å²) >= 11 is 0. The fraction of sp³-hybridized carbons (Fsp3) is 0.900. The Labute approximate surface area is 80.4 Å². The molecule has 0 fully saturated rings. The molecule has 0 spiro atoms. The third-order valence-electron chi connectivity index (χ3n) is 2.00. The molecule has 78 valence electrons. The first kappa shape index (κ1) is 12.4. The Morgan fingerprint density at radius 2 is 2.00 bits per heavy atom. The maximum atomic E-state index is 11.4. The van der Waals surface area contributed by atoms with Crippen LogP contribution in [0, 0.1) is 5.92 Å². The normalized spacial score (nSPS) is 12.5. The summed E-state index contributed by atoms with van der Waals surface area (Å²) < 4.78 is 9.81. The van der Waals surface area contributed by atoms with E-state index in [1.54, 1.807) is 7.11 Å². The molecule has 1 unspecified atom stereocenters. The third kappa shape index (κ3) is 5.64. The lowest BCUT2D eigenvalue weighted by molar-refractivity contribution is -0.150. The predicted octanol–water partition coefficient (Wildman–Crippen LogP) is 2.00. The van der Waals surface area contributed by atoms with Crippen LogP contribution in [0.25, 0.3) is 0 Å². The van der Waals surface area contributed by atoms with Gasteiger partial charge in [0, 0.05) is 7.11 Å². The van der Waals surface area contributed by atoms with Gasteiger partial charge < -0.3 is 9.47 Å². The molecule has 3 heteroatoms. The number of rotatable bonds is 7. The lowest BCUT2D eigenvalue weighted by Gasteiger charge is -2.12. The average molecular weight is 188 g/mol. The Balaban J connectivity index is 3.64. The molecule has 0 amide bonds. The molecule has 0 bridgehead atoms. The first-order valence-electron chi connectivity index (χ1n) is 4.91. The molecule has 3 nitrogen and oxygen atoms in total. The lowest BCUT2D eigenvalue weighted by Crippen LogP contribution is -2.19. The van der Waals surface area contributed by atoms with Crippen molar-refractivity contribution in [2.45, 2.75) is 33.1 Å². The van der Waals surface area contributed by atoms with Gasteiger partial charge in [0.1, 0.15) is 6.61 Å². The van der Waals surface area contributed by atoms with Crippen molar-refractivity contribution in [3.63, 3.8) is 0 Å². The molecule has 0 aliphatic carbocycles. The van der Waals surface area contributed by atoms with Crippen LogP contribution in [0.15, 0.2) is 0 Å². The van der Waals surface area contributed by atoms with E-state index in [4.69, 9.17) is 9.47 Å². The second-order valence-electron chi connectivity index (χ2n) is 3.05. The number of esters is 1. The van der Waals surface area contributed by atoms with Crippen LogP contribution in [0.4, 0.5) is 0 Å². The smallest absolute Gasteiger partial charge is 0.308 e. The molecule has 0 N–H and O–H groups in total. The van der Waals surface area contributed by atoms with E-state index in [0.717, 1.165) is 19.3 Å². The minimum atomic E-state index is -0.0820. The molecule has 0 saturated heterocycles. The van der Waals surface area contributed by atoms with Gasteiger partial charge in [-0.05, 0) is 12.8 Å². The van der Waals surface area contributed by atoms with Gasteiger partial charge in [0.15, 0.2) is 0 Å². The zero-order valence-electron chi connectivity index (χ0n) is 8.84. The topological polar surface area (TPSA) is 35.5 Å². The molecule has 0 aromatic heterocycles. The minimum absolute atomic E-state index is 0.0712. The van der Waals surface area contributed by atoms with Crippen molar-refractivity contribution >= 4 is 5.97 Å². The molecule has 0 saturated carbocycles. The fourth-order valence-corrected chi connectivity index (χ4v) is 1.18. The van der Waals surface area contributed by atoms with Crippen molar-refractivity contribution < 1.29 is 14.3 Å². The van der Waals surface area contributed by atoms with Crippen molar-refractivity contribution in [2.24, 2.45) is 5.92 Å². The molecule has 0 radical (unpaired) electrons. The molecular formula is C10H20O3. The highest BCUT2D eigenvalue weighted by molar-refractivity contribution is 5.72. The second kappa shape index (κ2) is 8.05. The molecule has 0 aromatic carbocycles. The van der Waals surface area contributed by atoms with E-state index < -0.39 is 0 Å². The van der Waals surface area contributed by atoms with Crippen molar-refractivity contribution in [3.05, 3.63) is 0 Å². The Morgan fingerprint density at radius 1 is 1.31 bits per heavy atom. The highest BCUT2D eigenvalue weighted by Gasteiger charge is 2.16. The number of carbonyl (C=O) groups is 1. The van der Waals surface area contributed by atoms with Crippen LogP contribution in [0.1, 0.15) is 33.1 Å². The quantitative estimate of drug-likeness (QED) is 0.453. The first-order chi connectivity index (χ1) is 6.26. The summed E-state index contributed by atoms with van der Waals surface area (Å²) in [6.07, 6.45) is 2.81. The highest BCUT2D eigenvalue weighted by atomic mass is 16.6. The van der Waals surface area contributed by atoms with Gasteiger partial charge >= 0.3 is 5.97 Å². The predicted molar refractivity (Wildman–Crippen MR) is 51.5 cm³/mol. The van der Waals surface area contributed by atoms with Gasteiger partial charge in [0.05, 0.1) is 12.5 Å². The van der Waals surface area contributed by atoms with Gasteiger partial charge in [-0.25, -0.2) is 0 Å². The van der Waals surface area contributed by atoms with Crippen LogP contribution < -0.4 is 0 Å². The summed E-state index contributed by atoms with van der Waals surface area (Å²) in [5.41, 5.74) is 0. The summed E-state index contributed by atoms with van der Waals surface area (Å²) in [6, 6.07) is 0. The highest BCUT2D eigenvalue weighted by Crippen LogP contribution is 2.12. The zero-order valence-corrected chi connectivity index (χ0v) is 8.84. The van der Waals surface area contributed by atoms with Crippen molar-refractivity contribution in [2.75, 3.05) is 20.3 Å². The number of ether oxygens (including phenoxy) is 2. The van der Waals surface area contributed by atoms with Crippen molar-refractivity contribution in [1.29, 1.82) is 0 Å². The van der Waals surface area contributed by atoms with Gasteiger partial charge in [0.25, 0.3) is 0 Å². The van der Waals surface area contributed by atoms with Crippen LogP contribution in [0.2, 0.25) is 0 Å². The molecule has 13 heavy (non-hydrogen) atoms. The molecule has 0 aliphatic heterocycles. The molecule has 0 aromatic rings. The van der Waals surface area contributed by atoms with E-state index in [-0.39, 0.29) is 11.9 Å². The van der Waals surface area contributed by atoms with Gasteiger partial charge in [-0.15, -0.1) is 0 Å². The molecule has 0 heterocycles. The standard InChI is InChI=1S/C10H20O3/c1-4-6-9(5-2)10(11)13-8-7-12-3/h9H,4-8H2,1-3H3. The number of hydrogen-bond acceptors (Lipinski definition) is 3. The van der Waals surface area contributed by atoms with Crippen molar-refractivity contribution in [1.82, 2.24) is 0 Å². The van der Waals surface area contributed by atoms with E-state index in [1.165, 1.54) is 0 Å². The number of carbonyl (C=O) groups excluding carboxylic acids is 1. The maximum absolute atomic E-state index is 11.4. The average Bonchev–Trinajstić information content (AvgIpc) is 2.14. The number of hydrogen-bond donors (Lipinski definition) is 0. The number of methoxy groups -OCH3 is 1. The van der Waals surface area contributed by atoms with E-state index in [2.05, 4.69) is 6.92 Å². The van der Waals surface area contributed by atoms with E-state index in [1.807, 2.05) is 6.92 Å². The summed E-state index contributed by atoms with van der Waals surface area (Å²) in [7, 11) is 1.59. The second-order valence-corrected chi connectivity index (χ2v) is 3.05. The molecule has 0 aliphatic rings. The van der Waals surface area contributed by atoms with E-state index >= 15 is 0 Å². The Morgan fingerprint density at radius 3 is 2.46 bits per heavy atom. The zero-order chi connectivity index (χ0) is 10.1. The minimum Gasteiger partial charge on any atom is -0.463 e. The fourth-order valence-electron chi connectivity index (χ4n) is 1.18. The van der Waals surface area contributed by atoms with Crippen LogP contribution >= 0.6 is 0 Å². The van der Waals surface area contributed by atoms with Gasteiger partial charge in [-0.1, -0.05) is 20.3 Å². The first-order valence-corrected chi connectivity index (χ1v) is 4.91. The Bertz CT molecular complexity index is 134. The van der Waals surface area contributed by atoms with Crippen LogP contribution in [0.3, 0.4) is 0 Å². The van der Waals surface area contributed by atoms with E-state index in [9.17, 15) is 4.79 Å². The Hall–Kier alpha value is -0.570. The lowest BCUT2D eigenvalue weighted by atomic mass is 10.0. The van der Waals surface area contributed by atoms with Crippen molar-refractivity contribution in [3.8, 4) is 0 Å². The van der Waals surface area contributed by atoms with Gasteiger partial charge in [0.2, 0.25) is 0 Å². The monoisotopic (exact) mass is 188 g/mol. The Kier molecular flexibility index (Phi) is 7.69. The summed E-state index contributed by atoms with van der Waals surface area (Å²) in [4.78, 5) is 11.4. The van der Waals surface area contributed by atoms with Crippen LogP contribution in [-0.2, 0) is 14.3 Å². The summed E-state index contributed by atoms with van der Waals surface area (Å²) in [5.74, 6) is -0.0109. The summed E-state index contributed by atoms with van der Waals surface area (Å²) in [5, 5.41) is 0. The third-order valence-corrected chi connectivity index (χ3v) is 2.00. The van der Waals surface area contributed by atoms with Crippen LogP contribution in [-0.4, -0.2) is 26.3 Å². The molecule has 0 rings (SSSR count). The van der Waals surface area contributed by atoms with Crippen LogP contribution in [0.5, 0.6) is 0 Å². The largest absolute Gasteiger partial charge is 0.463 e. The molecule has 1 atom stereocenters. The maximum Gasteiger partial charge on any atom is 0.308 e. The summed E-state index contributed by atoms with van der Waals surface area (Å²) in [6.45, 7) is 4.94. The van der Waals surface area contributed by atoms with Gasteiger partial charge in [-0.3, -0.25) is 4.79 Å². The molecular weight excluding hydrogens is 168 g/mol.